The molecule has 0 atom stereocenters. The molecule has 0 spiro atoms. The zero-order chi connectivity index (χ0) is 11.0. The van der Waals surface area contributed by atoms with Gasteiger partial charge in [-0.1, -0.05) is 24.4 Å². The summed E-state index contributed by atoms with van der Waals surface area (Å²) in [5.41, 5.74) is 0.560. The SMILES string of the molecule is Clc1ccc(CC2(C3CCCC3)CNC2)s1. The highest BCUT2D eigenvalue weighted by molar-refractivity contribution is 7.16. The van der Waals surface area contributed by atoms with E-state index in [0.717, 1.165) is 10.3 Å². The fourth-order valence-corrected chi connectivity index (χ4v) is 4.58. The second-order valence-electron chi connectivity index (χ2n) is 5.33. The molecule has 2 aliphatic rings. The molecule has 1 nitrogen and oxygen atoms in total. The first-order valence-corrected chi connectivity index (χ1v) is 7.43. The van der Waals surface area contributed by atoms with E-state index in [0.29, 0.717) is 5.41 Å². The van der Waals surface area contributed by atoms with Gasteiger partial charge in [-0.25, -0.2) is 0 Å². The lowest BCUT2D eigenvalue weighted by Crippen LogP contribution is -2.58. The van der Waals surface area contributed by atoms with Crippen LogP contribution >= 0.6 is 22.9 Å². The molecule has 0 bridgehead atoms. The van der Waals surface area contributed by atoms with E-state index in [9.17, 15) is 0 Å². The van der Waals surface area contributed by atoms with Crippen molar-refractivity contribution in [3.05, 3.63) is 21.3 Å². The third kappa shape index (κ3) is 1.92. The number of nitrogens with one attached hydrogen (secondary N) is 1. The minimum absolute atomic E-state index is 0.560. The normalized spacial score (nSPS) is 24.6. The smallest absolute Gasteiger partial charge is 0.0931 e. The van der Waals surface area contributed by atoms with Crippen molar-refractivity contribution in [3.8, 4) is 0 Å². The Labute approximate surface area is 106 Å². The molecule has 1 N–H and O–H groups in total. The van der Waals surface area contributed by atoms with Crippen LogP contribution in [0.3, 0.4) is 0 Å². The molecule has 0 amide bonds. The van der Waals surface area contributed by atoms with E-state index in [1.807, 2.05) is 6.07 Å². The van der Waals surface area contributed by atoms with Gasteiger partial charge < -0.3 is 5.32 Å². The molecule has 1 saturated carbocycles. The van der Waals surface area contributed by atoms with Crippen LogP contribution in [0.25, 0.3) is 0 Å². The highest BCUT2D eigenvalue weighted by Crippen LogP contribution is 2.45. The van der Waals surface area contributed by atoms with Crippen LogP contribution < -0.4 is 5.32 Å². The van der Waals surface area contributed by atoms with Gasteiger partial charge in [0.25, 0.3) is 0 Å². The standard InChI is InChI=1S/C13H18ClNS/c14-12-6-5-11(16-12)7-13(8-15-9-13)10-3-1-2-4-10/h5-6,10,15H,1-4,7-9H2. The monoisotopic (exact) mass is 255 g/mol. The van der Waals surface area contributed by atoms with Gasteiger partial charge in [-0.2, -0.15) is 0 Å². The van der Waals surface area contributed by atoms with E-state index >= 15 is 0 Å². The van der Waals surface area contributed by atoms with E-state index in [1.165, 1.54) is 50.1 Å². The van der Waals surface area contributed by atoms with Crippen molar-refractivity contribution in [3.63, 3.8) is 0 Å². The van der Waals surface area contributed by atoms with Crippen LogP contribution in [-0.2, 0) is 6.42 Å². The van der Waals surface area contributed by atoms with E-state index in [1.54, 1.807) is 11.3 Å². The molecule has 0 aromatic carbocycles. The first-order valence-electron chi connectivity index (χ1n) is 6.23. The van der Waals surface area contributed by atoms with Gasteiger partial charge >= 0.3 is 0 Å². The topological polar surface area (TPSA) is 12.0 Å². The van der Waals surface area contributed by atoms with Crippen LogP contribution in [0.1, 0.15) is 30.6 Å². The summed E-state index contributed by atoms with van der Waals surface area (Å²) in [6.45, 7) is 2.43. The van der Waals surface area contributed by atoms with Gasteiger partial charge in [0.05, 0.1) is 4.34 Å². The Morgan fingerprint density at radius 2 is 2.06 bits per heavy atom. The zero-order valence-electron chi connectivity index (χ0n) is 9.47. The molecule has 3 rings (SSSR count). The lowest BCUT2D eigenvalue weighted by molar-refractivity contribution is 0.0822. The molecular weight excluding hydrogens is 238 g/mol. The Morgan fingerprint density at radius 1 is 1.31 bits per heavy atom. The summed E-state index contributed by atoms with van der Waals surface area (Å²) in [6.07, 6.45) is 7.01. The molecule has 1 saturated heterocycles. The number of hydrogen-bond donors (Lipinski definition) is 1. The van der Waals surface area contributed by atoms with Crippen molar-refractivity contribution in [1.82, 2.24) is 5.32 Å². The molecule has 0 unspecified atom stereocenters. The summed E-state index contributed by atoms with van der Waals surface area (Å²) >= 11 is 7.77. The molecule has 1 aliphatic carbocycles. The summed E-state index contributed by atoms with van der Waals surface area (Å²) < 4.78 is 0.934. The number of rotatable bonds is 3. The van der Waals surface area contributed by atoms with Gasteiger partial charge in [-0.05, 0) is 37.3 Å². The van der Waals surface area contributed by atoms with Gasteiger partial charge in [0, 0.05) is 23.4 Å². The first-order chi connectivity index (χ1) is 7.78. The summed E-state index contributed by atoms with van der Waals surface area (Å²) in [5, 5.41) is 3.48. The maximum atomic E-state index is 6.01. The predicted molar refractivity (Wildman–Crippen MR) is 70.3 cm³/mol. The number of halogens is 1. The van der Waals surface area contributed by atoms with Crippen LogP contribution in [0.4, 0.5) is 0 Å². The minimum atomic E-state index is 0.560. The quantitative estimate of drug-likeness (QED) is 0.868. The van der Waals surface area contributed by atoms with Crippen LogP contribution in [-0.4, -0.2) is 13.1 Å². The van der Waals surface area contributed by atoms with Crippen LogP contribution in [0.15, 0.2) is 12.1 Å². The van der Waals surface area contributed by atoms with Gasteiger partial charge in [0.1, 0.15) is 0 Å². The molecule has 16 heavy (non-hydrogen) atoms. The predicted octanol–water partition coefficient (Wildman–Crippen LogP) is 3.72. The zero-order valence-corrected chi connectivity index (χ0v) is 11.0. The summed E-state index contributed by atoms with van der Waals surface area (Å²) in [6, 6.07) is 4.25. The van der Waals surface area contributed by atoms with Crippen molar-refractivity contribution in [1.29, 1.82) is 0 Å². The van der Waals surface area contributed by atoms with Gasteiger partial charge in [0.15, 0.2) is 0 Å². The molecule has 0 radical (unpaired) electrons. The van der Waals surface area contributed by atoms with Crippen LogP contribution in [0.5, 0.6) is 0 Å². The third-order valence-electron chi connectivity index (χ3n) is 4.33. The second-order valence-corrected chi connectivity index (χ2v) is 7.13. The summed E-state index contributed by atoms with van der Waals surface area (Å²) in [4.78, 5) is 1.47. The number of thiophene rings is 1. The second kappa shape index (κ2) is 4.32. The maximum absolute atomic E-state index is 6.01. The van der Waals surface area contributed by atoms with E-state index in [-0.39, 0.29) is 0 Å². The fraction of sp³-hybridized carbons (Fsp3) is 0.692. The van der Waals surface area contributed by atoms with Gasteiger partial charge in [-0.3, -0.25) is 0 Å². The van der Waals surface area contributed by atoms with Gasteiger partial charge in [-0.15, -0.1) is 11.3 Å². The van der Waals surface area contributed by atoms with Crippen molar-refractivity contribution in [2.75, 3.05) is 13.1 Å². The highest BCUT2D eigenvalue weighted by Gasteiger charge is 2.44. The molecule has 2 heterocycles. The summed E-state index contributed by atoms with van der Waals surface area (Å²) in [7, 11) is 0. The molecule has 1 aromatic rings. The number of hydrogen-bond acceptors (Lipinski definition) is 2. The van der Waals surface area contributed by atoms with E-state index < -0.39 is 0 Å². The van der Waals surface area contributed by atoms with Gasteiger partial charge in [0.2, 0.25) is 0 Å². The Kier molecular flexibility index (Phi) is 2.99. The van der Waals surface area contributed by atoms with E-state index in [4.69, 9.17) is 11.6 Å². The Morgan fingerprint density at radius 3 is 2.56 bits per heavy atom. The lowest BCUT2D eigenvalue weighted by atomic mass is 9.67. The lowest BCUT2D eigenvalue weighted by Gasteiger charge is -2.47. The average molecular weight is 256 g/mol. The minimum Gasteiger partial charge on any atom is -0.315 e. The first kappa shape index (κ1) is 11.1. The molecule has 3 heteroatoms. The molecular formula is C13H18ClNS. The fourth-order valence-electron chi connectivity index (χ4n) is 3.34. The Balaban J connectivity index is 1.74. The Bertz CT molecular complexity index is 364. The van der Waals surface area contributed by atoms with Crippen LogP contribution in [0.2, 0.25) is 4.34 Å². The molecule has 2 fully saturated rings. The van der Waals surface area contributed by atoms with Crippen LogP contribution in [0, 0.1) is 11.3 Å². The maximum Gasteiger partial charge on any atom is 0.0931 e. The summed E-state index contributed by atoms with van der Waals surface area (Å²) in [5.74, 6) is 0.953. The van der Waals surface area contributed by atoms with E-state index in [2.05, 4.69) is 11.4 Å². The van der Waals surface area contributed by atoms with Crippen molar-refractivity contribution >= 4 is 22.9 Å². The average Bonchev–Trinajstić information content (AvgIpc) is 2.82. The molecule has 1 aromatic heterocycles. The Hall–Kier alpha value is -0.0500. The third-order valence-corrected chi connectivity index (χ3v) is 5.56. The van der Waals surface area contributed by atoms with Crippen molar-refractivity contribution in [2.45, 2.75) is 32.1 Å². The molecule has 88 valence electrons. The largest absolute Gasteiger partial charge is 0.315 e. The molecule has 1 aliphatic heterocycles. The van der Waals surface area contributed by atoms with Crippen molar-refractivity contribution in [2.24, 2.45) is 11.3 Å². The highest BCUT2D eigenvalue weighted by atomic mass is 35.5. The van der Waals surface area contributed by atoms with Crippen molar-refractivity contribution < 1.29 is 0 Å².